The summed E-state index contributed by atoms with van der Waals surface area (Å²) >= 11 is 0. The van der Waals surface area contributed by atoms with Crippen LogP contribution in [0.5, 0.6) is 5.75 Å². The molecule has 0 bridgehead atoms. The summed E-state index contributed by atoms with van der Waals surface area (Å²) in [4.78, 5) is 24.8. The largest absolute Gasteiger partial charge is 0.480 e. The molecule has 10 nitrogen and oxygen atoms in total. The van der Waals surface area contributed by atoms with Crippen LogP contribution in [0, 0.1) is 0 Å². The minimum Gasteiger partial charge on any atom is -0.480 e. The SMILES string of the molecule is CCc1cc(S(F)(F)(F)(F)F)cc2c1O[C@H](C(F)(F)F)C(C(=O)OCONN(O)N(C)CC(=O)O)=C2. The molecule has 3 N–H and O–H groups in total. The number of aliphatic carboxylic acids is 1. The van der Waals surface area contributed by atoms with Gasteiger partial charge in [-0.25, -0.2) is 9.63 Å². The Labute approximate surface area is 197 Å². The molecule has 19 heteroatoms. The molecule has 0 amide bonds. The van der Waals surface area contributed by atoms with Crippen LogP contribution >= 0.6 is 10.2 Å². The highest BCUT2D eigenvalue weighted by molar-refractivity contribution is 8.45. The zero-order valence-corrected chi connectivity index (χ0v) is 19.0. The molecule has 1 aliphatic rings. The Balaban J connectivity index is 2.32. The highest BCUT2D eigenvalue weighted by atomic mass is 32.5. The second-order valence-electron chi connectivity index (χ2n) is 7.25. The number of alkyl halides is 3. The van der Waals surface area contributed by atoms with Gasteiger partial charge in [0.2, 0.25) is 12.9 Å². The highest BCUT2D eigenvalue weighted by Gasteiger charge is 2.66. The molecule has 0 saturated heterocycles. The van der Waals surface area contributed by atoms with E-state index in [1.807, 2.05) is 0 Å². The number of rotatable bonds is 10. The van der Waals surface area contributed by atoms with Gasteiger partial charge in [0.25, 0.3) is 0 Å². The minimum absolute atomic E-state index is 0.00744. The number of aryl methyl sites for hydroxylation is 1. The van der Waals surface area contributed by atoms with Gasteiger partial charge in [-0.1, -0.05) is 31.9 Å². The molecule has 0 aromatic heterocycles. The summed E-state index contributed by atoms with van der Waals surface area (Å²) < 4.78 is 117. The van der Waals surface area contributed by atoms with Crippen molar-refractivity contribution < 1.29 is 66.8 Å². The Morgan fingerprint density at radius 3 is 2.31 bits per heavy atom. The lowest BCUT2D eigenvalue weighted by molar-refractivity contribution is -0.346. The number of carbonyl (C=O) groups is 2. The third kappa shape index (κ3) is 7.40. The Bertz CT molecular complexity index is 1070. The van der Waals surface area contributed by atoms with Gasteiger partial charge in [-0.2, -0.15) is 18.2 Å². The Morgan fingerprint density at radius 1 is 1.19 bits per heavy atom. The first-order valence-corrected chi connectivity index (χ1v) is 11.4. The monoisotopic (exact) mass is 561 g/mol. The zero-order chi connectivity index (χ0) is 27.8. The summed E-state index contributed by atoms with van der Waals surface area (Å²) in [7, 11) is -9.18. The van der Waals surface area contributed by atoms with Crippen molar-refractivity contribution in [3.05, 3.63) is 28.8 Å². The van der Waals surface area contributed by atoms with Crippen LogP contribution in [0.4, 0.5) is 32.6 Å². The van der Waals surface area contributed by atoms with Crippen molar-refractivity contribution in [2.45, 2.75) is 30.5 Å². The van der Waals surface area contributed by atoms with Gasteiger partial charge in [0.1, 0.15) is 17.2 Å². The molecule has 1 aromatic carbocycles. The van der Waals surface area contributed by atoms with Gasteiger partial charge in [-0.15, -0.1) is 0 Å². The molecular formula is C17H19F8N3O7S. The van der Waals surface area contributed by atoms with Gasteiger partial charge < -0.3 is 14.6 Å². The van der Waals surface area contributed by atoms with Gasteiger partial charge in [-0.05, 0) is 35.5 Å². The zero-order valence-electron chi connectivity index (χ0n) is 18.2. The van der Waals surface area contributed by atoms with E-state index < -0.39 is 81.5 Å². The van der Waals surface area contributed by atoms with Gasteiger partial charge in [0.15, 0.2) is 0 Å². The number of nitrogens with zero attached hydrogens (tertiary/aromatic N) is 2. The van der Waals surface area contributed by atoms with Crippen LogP contribution in [-0.2, 0) is 25.6 Å². The average Bonchev–Trinajstić information content (AvgIpc) is 2.71. The third-order valence-electron chi connectivity index (χ3n) is 4.44. The molecule has 1 aromatic rings. The molecule has 0 radical (unpaired) electrons. The highest BCUT2D eigenvalue weighted by Crippen LogP contribution is 3.02. The van der Waals surface area contributed by atoms with E-state index in [1.54, 1.807) is 5.59 Å². The quantitative estimate of drug-likeness (QED) is 0.126. The number of ether oxygens (including phenoxy) is 2. The van der Waals surface area contributed by atoms with Crippen molar-refractivity contribution in [3.63, 3.8) is 0 Å². The van der Waals surface area contributed by atoms with Crippen molar-refractivity contribution in [1.82, 2.24) is 15.9 Å². The lowest BCUT2D eigenvalue weighted by Gasteiger charge is -2.41. The van der Waals surface area contributed by atoms with Gasteiger partial charge in [0.05, 0.1) is 5.57 Å². The second-order valence-corrected chi connectivity index (χ2v) is 9.66. The van der Waals surface area contributed by atoms with Crippen molar-refractivity contribution in [3.8, 4) is 5.75 Å². The van der Waals surface area contributed by atoms with Gasteiger partial charge >= 0.3 is 28.3 Å². The maximum absolute atomic E-state index is 13.6. The lowest BCUT2D eigenvalue weighted by atomic mass is 9.98. The van der Waals surface area contributed by atoms with E-state index in [-0.39, 0.29) is 23.5 Å². The molecule has 0 fully saturated rings. The van der Waals surface area contributed by atoms with Crippen LogP contribution < -0.4 is 10.3 Å². The summed E-state index contributed by atoms with van der Waals surface area (Å²) in [6.07, 6.45) is -8.40. The van der Waals surface area contributed by atoms with Crippen LogP contribution in [0.1, 0.15) is 18.1 Å². The van der Waals surface area contributed by atoms with Crippen LogP contribution in [0.15, 0.2) is 22.6 Å². The lowest BCUT2D eigenvalue weighted by Crippen LogP contribution is -2.49. The van der Waals surface area contributed by atoms with Crippen LogP contribution in [0.3, 0.4) is 0 Å². The average molecular weight is 561 g/mol. The molecule has 0 unspecified atom stereocenters. The fraction of sp³-hybridized carbons (Fsp3) is 0.412. The fourth-order valence-corrected chi connectivity index (χ4v) is 3.55. The number of esters is 1. The van der Waals surface area contributed by atoms with E-state index in [0.29, 0.717) is 5.01 Å². The predicted octanol–water partition coefficient (Wildman–Crippen LogP) is 4.17. The van der Waals surface area contributed by atoms with Crippen molar-refractivity contribution >= 4 is 28.2 Å². The second kappa shape index (κ2) is 9.30. The number of carboxylic acids is 1. The number of benzene rings is 1. The first-order chi connectivity index (χ1) is 16.1. The summed E-state index contributed by atoms with van der Waals surface area (Å²) in [6, 6.07) is -0.137. The van der Waals surface area contributed by atoms with Gasteiger partial charge in [0, 0.05) is 12.6 Å². The van der Waals surface area contributed by atoms with Crippen LogP contribution in [0.2, 0.25) is 0 Å². The Morgan fingerprint density at radius 2 is 1.81 bits per heavy atom. The normalized spacial score (nSPS) is 18.1. The molecule has 1 aliphatic heterocycles. The Kier molecular flexibility index (Phi) is 7.63. The molecule has 0 saturated carbocycles. The molecule has 1 atom stereocenters. The molecule has 2 rings (SSSR count). The van der Waals surface area contributed by atoms with Crippen molar-refractivity contribution in [2.24, 2.45) is 0 Å². The van der Waals surface area contributed by atoms with E-state index in [4.69, 9.17) is 9.84 Å². The maximum Gasteiger partial charge on any atom is 0.430 e. The number of nitrogens with one attached hydrogen (secondary N) is 1. The molecular weight excluding hydrogens is 542 g/mol. The number of halogens is 8. The number of hydrogen-bond acceptors (Lipinski definition) is 9. The number of fused-ring (bicyclic) bond motifs is 1. The molecule has 1 heterocycles. The summed E-state index contributed by atoms with van der Waals surface area (Å²) in [6.45, 7) is -0.728. The number of hydrogen-bond donors (Lipinski definition) is 3. The summed E-state index contributed by atoms with van der Waals surface area (Å²) in [5.41, 5.74) is -1.19. The van der Waals surface area contributed by atoms with Crippen LogP contribution in [0.25, 0.3) is 6.08 Å². The predicted molar refractivity (Wildman–Crippen MR) is 105 cm³/mol. The van der Waals surface area contributed by atoms with E-state index in [9.17, 15) is 47.4 Å². The third-order valence-corrected chi connectivity index (χ3v) is 5.57. The van der Waals surface area contributed by atoms with E-state index in [1.165, 1.54) is 6.92 Å². The smallest absolute Gasteiger partial charge is 0.430 e. The Hall–Kier alpha value is -2.71. The maximum atomic E-state index is 13.6. The van der Waals surface area contributed by atoms with Crippen molar-refractivity contribution in [1.29, 1.82) is 0 Å². The topological polar surface area (TPSA) is 121 Å². The standard InChI is InChI=1S/C17H19F8N3O7S/c1-3-9-4-11(36(21,22,23,24)25)5-10-6-12(15(17(18,19)20)35-14(9)10)16(31)33-8-34-26-28(32)27(2)7-13(29)30/h4-6,15,26,32H,3,7-8H2,1-2H3,(H,29,30)/t15-/m0/s1. The first kappa shape index (κ1) is 29.5. The molecule has 36 heavy (non-hydrogen) atoms. The number of likely N-dealkylation sites (N-methyl/N-ethyl adjacent to an activating group) is 1. The van der Waals surface area contributed by atoms with E-state index in [2.05, 4.69) is 9.57 Å². The number of hydrazine groups is 2. The van der Waals surface area contributed by atoms with E-state index in [0.717, 1.165) is 7.05 Å². The number of carbonyl (C=O) groups excluding carboxylic acids is 1. The summed E-state index contributed by atoms with van der Waals surface area (Å²) in [5.74, 6) is -3.94. The molecule has 0 spiro atoms. The summed E-state index contributed by atoms with van der Waals surface area (Å²) in [5, 5.41) is 18.6. The first-order valence-electron chi connectivity index (χ1n) is 9.46. The molecule has 206 valence electrons. The fourth-order valence-electron chi connectivity index (χ4n) is 2.84. The minimum atomic E-state index is -10.2. The molecule has 0 aliphatic carbocycles. The van der Waals surface area contributed by atoms with Crippen LogP contribution in [-0.4, -0.2) is 65.2 Å². The van der Waals surface area contributed by atoms with E-state index >= 15 is 0 Å². The number of carboxylic acid groups (broad SMARTS) is 1. The van der Waals surface area contributed by atoms with Crippen molar-refractivity contribution in [2.75, 3.05) is 20.4 Å². The van der Waals surface area contributed by atoms with Gasteiger partial charge in [-0.3, -0.25) is 10.0 Å².